The SMILES string of the molecule is COc1ccc(C2CCCN2CCN2CC3CCC(C2)O3)cc1OC. The molecule has 138 valence electrons. The summed E-state index contributed by atoms with van der Waals surface area (Å²) < 4.78 is 16.8. The van der Waals surface area contributed by atoms with E-state index in [2.05, 4.69) is 21.9 Å². The van der Waals surface area contributed by atoms with Gasteiger partial charge in [-0.05, 0) is 49.9 Å². The van der Waals surface area contributed by atoms with E-state index < -0.39 is 0 Å². The van der Waals surface area contributed by atoms with Gasteiger partial charge in [-0.15, -0.1) is 0 Å². The van der Waals surface area contributed by atoms with Gasteiger partial charge in [-0.2, -0.15) is 0 Å². The molecule has 1 aromatic carbocycles. The number of ether oxygens (including phenoxy) is 3. The predicted octanol–water partition coefficient (Wildman–Crippen LogP) is 2.70. The van der Waals surface area contributed by atoms with Crippen molar-refractivity contribution in [1.29, 1.82) is 0 Å². The summed E-state index contributed by atoms with van der Waals surface area (Å²) in [5, 5.41) is 0. The van der Waals surface area contributed by atoms with E-state index in [1.54, 1.807) is 14.2 Å². The van der Waals surface area contributed by atoms with Crippen molar-refractivity contribution in [1.82, 2.24) is 9.80 Å². The molecule has 0 amide bonds. The lowest BCUT2D eigenvalue weighted by Crippen LogP contribution is -2.45. The molecule has 3 saturated heterocycles. The molecule has 3 unspecified atom stereocenters. The van der Waals surface area contributed by atoms with Crippen LogP contribution in [0.15, 0.2) is 18.2 Å². The molecule has 0 aromatic heterocycles. The molecule has 3 atom stereocenters. The molecule has 0 spiro atoms. The van der Waals surface area contributed by atoms with Crippen LogP contribution in [-0.4, -0.2) is 69.0 Å². The summed E-state index contributed by atoms with van der Waals surface area (Å²) in [6.07, 6.45) is 5.97. The summed E-state index contributed by atoms with van der Waals surface area (Å²) in [5.41, 5.74) is 1.34. The summed E-state index contributed by atoms with van der Waals surface area (Å²) in [6.45, 7) is 5.71. The molecule has 0 saturated carbocycles. The fourth-order valence-electron chi connectivity index (χ4n) is 4.68. The van der Waals surface area contributed by atoms with E-state index >= 15 is 0 Å². The van der Waals surface area contributed by atoms with E-state index in [1.165, 1.54) is 37.8 Å². The number of hydrogen-bond acceptors (Lipinski definition) is 5. The van der Waals surface area contributed by atoms with Gasteiger partial charge in [0.2, 0.25) is 0 Å². The normalized spacial score (nSPS) is 29.9. The molecule has 5 heteroatoms. The Morgan fingerprint density at radius 2 is 1.76 bits per heavy atom. The van der Waals surface area contributed by atoms with Gasteiger partial charge >= 0.3 is 0 Å². The average molecular weight is 346 g/mol. The van der Waals surface area contributed by atoms with Crippen LogP contribution in [0, 0.1) is 0 Å². The highest BCUT2D eigenvalue weighted by Gasteiger charge is 2.34. The third-order valence-electron chi connectivity index (χ3n) is 5.98. The Kier molecular flexibility index (Phi) is 5.15. The van der Waals surface area contributed by atoms with Crippen LogP contribution in [0.1, 0.15) is 37.3 Å². The highest BCUT2D eigenvalue weighted by Crippen LogP contribution is 2.36. The Balaban J connectivity index is 1.39. The van der Waals surface area contributed by atoms with Crippen LogP contribution in [-0.2, 0) is 4.74 Å². The molecule has 0 radical (unpaired) electrons. The maximum absolute atomic E-state index is 5.96. The first-order valence-corrected chi connectivity index (χ1v) is 9.60. The number of likely N-dealkylation sites (tertiary alicyclic amines) is 2. The van der Waals surface area contributed by atoms with Crippen LogP contribution in [0.4, 0.5) is 0 Å². The van der Waals surface area contributed by atoms with Gasteiger partial charge in [0.15, 0.2) is 11.5 Å². The van der Waals surface area contributed by atoms with E-state index in [1.807, 2.05) is 6.07 Å². The minimum Gasteiger partial charge on any atom is -0.493 e. The Morgan fingerprint density at radius 3 is 2.48 bits per heavy atom. The Bertz CT molecular complexity index is 582. The van der Waals surface area contributed by atoms with Gasteiger partial charge in [-0.1, -0.05) is 6.07 Å². The third-order valence-corrected chi connectivity index (χ3v) is 5.98. The molecular weight excluding hydrogens is 316 g/mol. The zero-order chi connectivity index (χ0) is 17.2. The van der Waals surface area contributed by atoms with Gasteiger partial charge in [0, 0.05) is 32.2 Å². The topological polar surface area (TPSA) is 34.2 Å². The third kappa shape index (κ3) is 3.64. The number of morpholine rings is 1. The van der Waals surface area contributed by atoms with Crippen LogP contribution >= 0.6 is 0 Å². The first-order valence-electron chi connectivity index (χ1n) is 9.60. The standard InChI is InChI=1S/C20H30N2O3/c1-23-19-8-5-15(12-20(19)24-2)18-4-3-9-22(18)11-10-21-13-16-6-7-17(14-21)25-16/h5,8,12,16-18H,3-4,6-7,9-11,13-14H2,1-2H3. The van der Waals surface area contributed by atoms with Gasteiger partial charge in [0.25, 0.3) is 0 Å². The Hall–Kier alpha value is -1.30. The van der Waals surface area contributed by atoms with Gasteiger partial charge in [0.05, 0.1) is 26.4 Å². The van der Waals surface area contributed by atoms with Crippen LogP contribution in [0.2, 0.25) is 0 Å². The largest absolute Gasteiger partial charge is 0.493 e. The number of rotatable bonds is 6. The lowest BCUT2D eigenvalue weighted by Gasteiger charge is -2.34. The van der Waals surface area contributed by atoms with Crippen molar-refractivity contribution < 1.29 is 14.2 Å². The fourth-order valence-corrected chi connectivity index (χ4v) is 4.68. The van der Waals surface area contributed by atoms with E-state index in [4.69, 9.17) is 14.2 Å². The van der Waals surface area contributed by atoms with Crippen LogP contribution in [0.5, 0.6) is 11.5 Å². The quantitative estimate of drug-likeness (QED) is 0.791. The molecule has 3 aliphatic heterocycles. The second-order valence-corrected chi connectivity index (χ2v) is 7.53. The Labute approximate surface area is 150 Å². The first-order chi connectivity index (χ1) is 12.3. The molecule has 1 aromatic rings. The maximum Gasteiger partial charge on any atom is 0.161 e. The van der Waals surface area contributed by atoms with Crippen LogP contribution < -0.4 is 9.47 Å². The molecule has 25 heavy (non-hydrogen) atoms. The second kappa shape index (κ2) is 7.52. The smallest absolute Gasteiger partial charge is 0.161 e. The highest BCUT2D eigenvalue weighted by atomic mass is 16.5. The lowest BCUT2D eigenvalue weighted by atomic mass is 10.0. The molecule has 0 N–H and O–H groups in total. The van der Waals surface area contributed by atoms with Gasteiger partial charge in [-0.3, -0.25) is 9.80 Å². The van der Waals surface area contributed by atoms with E-state index in [0.717, 1.165) is 37.7 Å². The number of nitrogens with zero attached hydrogens (tertiary/aromatic N) is 2. The summed E-state index contributed by atoms with van der Waals surface area (Å²) >= 11 is 0. The molecule has 3 fully saturated rings. The van der Waals surface area contributed by atoms with Crippen molar-refractivity contribution in [3.05, 3.63) is 23.8 Å². The van der Waals surface area contributed by atoms with Crippen molar-refractivity contribution >= 4 is 0 Å². The van der Waals surface area contributed by atoms with E-state index in [-0.39, 0.29) is 0 Å². The average Bonchev–Trinajstić information content (AvgIpc) is 3.25. The Morgan fingerprint density at radius 1 is 1.00 bits per heavy atom. The van der Waals surface area contributed by atoms with E-state index in [0.29, 0.717) is 18.2 Å². The van der Waals surface area contributed by atoms with E-state index in [9.17, 15) is 0 Å². The predicted molar refractivity (Wildman–Crippen MR) is 97.4 cm³/mol. The maximum atomic E-state index is 5.96. The molecular formula is C20H30N2O3. The zero-order valence-corrected chi connectivity index (χ0v) is 15.4. The minimum atomic E-state index is 0.485. The van der Waals surface area contributed by atoms with Crippen LogP contribution in [0.25, 0.3) is 0 Å². The fraction of sp³-hybridized carbons (Fsp3) is 0.700. The number of methoxy groups -OCH3 is 2. The highest BCUT2D eigenvalue weighted by molar-refractivity contribution is 5.44. The molecule has 2 bridgehead atoms. The molecule has 3 heterocycles. The van der Waals surface area contributed by atoms with Gasteiger partial charge < -0.3 is 14.2 Å². The van der Waals surface area contributed by atoms with Gasteiger partial charge in [-0.25, -0.2) is 0 Å². The van der Waals surface area contributed by atoms with Crippen molar-refractivity contribution in [2.24, 2.45) is 0 Å². The summed E-state index contributed by atoms with van der Waals surface area (Å²) in [6, 6.07) is 6.87. The molecule has 0 aliphatic carbocycles. The van der Waals surface area contributed by atoms with Crippen LogP contribution in [0.3, 0.4) is 0 Å². The monoisotopic (exact) mass is 346 g/mol. The van der Waals surface area contributed by atoms with Crippen molar-refractivity contribution in [2.75, 3.05) is 46.9 Å². The summed E-state index contributed by atoms with van der Waals surface area (Å²) in [7, 11) is 3.40. The second-order valence-electron chi connectivity index (χ2n) is 7.53. The number of hydrogen-bond donors (Lipinski definition) is 0. The first kappa shape index (κ1) is 17.1. The lowest BCUT2D eigenvalue weighted by molar-refractivity contribution is -0.0404. The van der Waals surface area contributed by atoms with Crippen molar-refractivity contribution in [3.8, 4) is 11.5 Å². The summed E-state index contributed by atoms with van der Waals surface area (Å²) in [4.78, 5) is 5.24. The van der Waals surface area contributed by atoms with Gasteiger partial charge in [0.1, 0.15) is 0 Å². The summed E-state index contributed by atoms with van der Waals surface area (Å²) in [5.74, 6) is 1.64. The minimum absolute atomic E-state index is 0.485. The molecule has 3 aliphatic rings. The van der Waals surface area contributed by atoms with Crippen molar-refractivity contribution in [3.63, 3.8) is 0 Å². The number of fused-ring (bicyclic) bond motifs is 2. The molecule has 5 nitrogen and oxygen atoms in total. The number of benzene rings is 1. The zero-order valence-electron chi connectivity index (χ0n) is 15.4. The molecule has 4 rings (SSSR count). The van der Waals surface area contributed by atoms with Crippen molar-refractivity contribution in [2.45, 2.75) is 43.9 Å².